The molecule has 1 rings (SSSR count). The fourth-order valence-electron chi connectivity index (χ4n) is 1.15. The molecule has 0 aliphatic heterocycles. The highest BCUT2D eigenvalue weighted by molar-refractivity contribution is 5.75. The van der Waals surface area contributed by atoms with E-state index in [9.17, 15) is 0 Å². The van der Waals surface area contributed by atoms with E-state index in [-0.39, 0.29) is 23.1 Å². The molecule has 0 saturated heterocycles. The fraction of sp³-hybridized carbons (Fsp3) is 0.364. The molecule has 0 fully saturated rings. The van der Waals surface area contributed by atoms with Gasteiger partial charge in [-0.3, -0.25) is 0 Å². The zero-order chi connectivity index (χ0) is 7.94. The molecule has 0 amide bonds. The van der Waals surface area contributed by atoms with E-state index in [4.69, 9.17) is 0 Å². The molecule has 0 nitrogen and oxygen atoms in total. The van der Waals surface area contributed by atoms with Crippen LogP contribution in [0.25, 0.3) is 0 Å². The molecule has 12 heavy (non-hydrogen) atoms. The zero-order valence-corrected chi connectivity index (χ0v) is 6.92. The van der Waals surface area contributed by atoms with Gasteiger partial charge in [0.1, 0.15) is 0 Å². The van der Waals surface area contributed by atoms with E-state index in [0.29, 0.717) is 0 Å². The minimum absolute atomic E-state index is 0. The lowest BCUT2D eigenvalue weighted by atomic mass is 10.1. The minimum Gasteiger partial charge on any atom is -0.0622 e. The lowest BCUT2D eigenvalue weighted by Gasteiger charge is -1.98. The molecule has 0 saturated carbocycles. The predicted octanol–water partition coefficient (Wildman–Crippen LogP) is 2.32. The number of rotatable bonds is 4. The second-order valence-corrected chi connectivity index (χ2v) is 2.80. The van der Waals surface area contributed by atoms with Crippen LogP contribution in [-0.2, 0) is 6.42 Å². The highest BCUT2D eigenvalue weighted by Gasteiger charge is 1.89. The SMILES string of the molecule is [CH2]CCCCc1ccccc1.[MgH2]. The highest BCUT2D eigenvalue weighted by atomic mass is 24.3. The number of benzene rings is 1. The maximum atomic E-state index is 3.82. The normalized spacial score (nSPS) is 9.08. The van der Waals surface area contributed by atoms with Crippen LogP contribution in [0.4, 0.5) is 0 Å². The van der Waals surface area contributed by atoms with Gasteiger partial charge in [0.05, 0.1) is 0 Å². The van der Waals surface area contributed by atoms with Crippen molar-refractivity contribution in [2.24, 2.45) is 0 Å². The second-order valence-electron chi connectivity index (χ2n) is 2.80. The summed E-state index contributed by atoms with van der Waals surface area (Å²) >= 11 is 0. The average Bonchev–Trinajstić information content (AvgIpc) is 2.07. The summed E-state index contributed by atoms with van der Waals surface area (Å²) in [6.45, 7) is 3.82. The van der Waals surface area contributed by atoms with Gasteiger partial charge in [-0.05, 0) is 18.4 Å². The summed E-state index contributed by atoms with van der Waals surface area (Å²) in [6, 6.07) is 10.6. The first-order chi connectivity index (χ1) is 5.43. The Labute approximate surface area is 91.5 Å². The van der Waals surface area contributed by atoms with Crippen LogP contribution in [0.1, 0.15) is 24.8 Å². The summed E-state index contributed by atoms with van der Waals surface area (Å²) in [5, 5.41) is 0. The van der Waals surface area contributed by atoms with Gasteiger partial charge < -0.3 is 0 Å². The maximum absolute atomic E-state index is 3.82. The quantitative estimate of drug-likeness (QED) is 0.484. The Balaban J connectivity index is 0.00000121. The van der Waals surface area contributed by atoms with Crippen molar-refractivity contribution in [3.05, 3.63) is 42.8 Å². The van der Waals surface area contributed by atoms with E-state index in [1.54, 1.807) is 0 Å². The van der Waals surface area contributed by atoms with Gasteiger partial charge in [0, 0.05) is 0 Å². The summed E-state index contributed by atoms with van der Waals surface area (Å²) in [6.07, 6.45) is 4.78. The summed E-state index contributed by atoms with van der Waals surface area (Å²) in [5.74, 6) is 0. The Morgan fingerprint density at radius 3 is 2.25 bits per heavy atom. The molecule has 0 unspecified atom stereocenters. The van der Waals surface area contributed by atoms with E-state index >= 15 is 0 Å². The summed E-state index contributed by atoms with van der Waals surface area (Å²) < 4.78 is 0. The number of hydrogen-bond donors (Lipinski definition) is 0. The molecular weight excluding hydrogens is 156 g/mol. The van der Waals surface area contributed by atoms with Gasteiger partial charge in [-0.15, -0.1) is 0 Å². The Kier molecular flexibility index (Phi) is 7.62. The lowest BCUT2D eigenvalue weighted by Crippen LogP contribution is -1.83. The van der Waals surface area contributed by atoms with Crippen molar-refractivity contribution < 1.29 is 0 Å². The average molecular weight is 174 g/mol. The monoisotopic (exact) mass is 173 g/mol. The third-order valence-electron chi connectivity index (χ3n) is 1.81. The van der Waals surface area contributed by atoms with E-state index in [1.807, 2.05) is 0 Å². The van der Waals surface area contributed by atoms with Gasteiger partial charge in [-0.25, -0.2) is 0 Å². The van der Waals surface area contributed by atoms with E-state index in [0.717, 1.165) is 6.42 Å². The summed E-state index contributed by atoms with van der Waals surface area (Å²) in [5.41, 5.74) is 1.45. The standard InChI is InChI=1S/C11H15.Mg.2H/c1-2-3-5-8-11-9-6-4-7-10-11;;;/h4,6-7,9-10H,1-3,5,8H2;;;. The van der Waals surface area contributed by atoms with Crippen molar-refractivity contribution in [2.75, 3.05) is 0 Å². The maximum Gasteiger partial charge on any atom is 0.316 e. The van der Waals surface area contributed by atoms with Crippen molar-refractivity contribution >= 4 is 23.1 Å². The van der Waals surface area contributed by atoms with Crippen LogP contribution in [0.15, 0.2) is 30.3 Å². The van der Waals surface area contributed by atoms with Crippen molar-refractivity contribution in [1.82, 2.24) is 0 Å². The van der Waals surface area contributed by atoms with E-state index in [1.165, 1.54) is 24.8 Å². The van der Waals surface area contributed by atoms with Crippen LogP contribution >= 0.6 is 0 Å². The third-order valence-corrected chi connectivity index (χ3v) is 1.81. The van der Waals surface area contributed by atoms with Crippen molar-refractivity contribution in [3.63, 3.8) is 0 Å². The topological polar surface area (TPSA) is 0 Å². The van der Waals surface area contributed by atoms with E-state index < -0.39 is 0 Å². The molecule has 1 radical (unpaired) electrons. The molecule has 0 spiro atoms. The Morgan fingerprint density at radius 1 is 1.00 bits per heavy atom. The number of aryl methyl sites for hydroxylation is 1. The first-order valence-corrected chi connectivity index (χ1v) is 4.26. The zero-order valence-electron chi connectivity index (χ0n) is 6.92. The molecule has 0 N–H and O–H groups in total. The number of hydrogen-bond acceptors (Lipinski definition) is 0. The molecule has 63 valence electrons. The fourth-order valence-corrected chi connectivity index (χ4v) is 1.15. The van der Waals surface area contributed by atoms with Crippen LogP contribution < -0.4 is 0 Å². The first kappa shape index (κ1) is 12.0. The lowest BCUT2D eigenvalue weighted by molar-refractivity contribution is 0.746. The van der Waals surface area contributed by atoms with Gasteiger partial charge in [-0.1, -0.05) is 50.1 Å². The van der Waals surface area contributed by atoms with Gasteiger partial charge >= 0.3 is 23.1 Å². The summed E-state index contributed by atoms with van der Waals surface area (Å²) in [4.78, 5) is 0. The van der Waals surface area contributed by atoms with Crippen LogP contribution in [0.5, 0.6) is 0 Å². The molecule has 1 heteroatoms. The molecule has 0 bridgehead atoms. The molecule has 1 aromatic carbocycles. The van der Waals surface area contributed by atoms with E-state index in [2.05, 4.69) is 37.3 Å². The van der Waals surface area contributed by atoms with Crippen LogP contribution in [-0.4, -0.2) is 23.1 Å². The molecule has 0 aliphatic rings. The van der Waals surface area contributed by atoms with Gasteiger partial charge in [0.25, 0.3) is 0 Å². The van der Waals surface area contributed by atoms with Gasteiger partial charge in [-0.2, -0.15) is 0 Å². The Bertz CT molecular complexity index is 181. The van der Waals surface area contributed by atoms with Crippen LogP contribution in [0.2, 0.25) is 0 Å². The molecule has 0 heterocycles. The predicted molar refractivity (Wildman–Crippen MR) is 57.9 cm³/mol. The van der Waals surface area contributed by atoms with Gasteiger partial charge in [0.2, 0.25) is 0 Å². The summed E-state index contributed by atoms with van der Waals surface area (Å²) in [7, 11) is 0. The second kappa shape index (κ2) is 7.63. The Morgan fingerprint density at radius 2 is 1.67 bits per heavy atom. The molecule has 0 aromatic heterocycles. The third kappa shape index (κ3) is 4.78. The van der Waals surface area contributed by atoms with Crippen molar-refractivity contribution in [2.45, 2.75) is 25.7 Å². The van der Waals surface area contributed by atoms with Crippen molar-refractivity contribution in [3.8, 4) is 0 Å². The molecule has 0 aliphatic carbocycles. The largest absolute Gasteiger partial charge is 0.316 e. The molecular formula is C11H17Mg. The smallest absolute Gasteiger partial charge is 0.0622 e. The Hall–Kier alpha value is -0.0138. The molecule has 1 aromatic rings. The van der Waals surface area contributed by atoms with Gasteiger partial charge in [0.15, 0.2) is 0 Å². The highest BCUT2D eigenvalue weighted by Crippen LogP contribution is 2.05. The van der Waals surface area contributed by atoms with Crippen molar-refractivity contribution in [1.29, 1.82) is 0 Å². The number of unbranched alkanes of at least 4 members (excludes halogenated alkanes) is 2. The van der Waals surface area contributed by atoms with Crippen LogP contribution in [0.3, 0.4) is 0 Å². The minimum atomic E-state index is 0. The first-order valence-electron chi connectivity index (χ1n) is 4.26. The molecule has 0 atom stereocenters. The van der Waals surface area contributed by atoms with Crippen LogP contribution in [0, 0.1) is 6.92 Å².